The molecule has 0 radical (unpaired) electrons. The summed E-state index contributed by atoms with van der Waals surface area (Å²) in [5, 5.41) is 133. The van der Waals surface area contributed by atoms with Gasteiger partial charge in [0.1, 0.15) is 59.7 Å². The minimum absolute atomic E-state index is 0.0127. The van der Waals surface area contributed by atoms with Crippen LogP contribution in [0.2, 0.25) is 0 Å². The Labute approximate surface area is 741 Å². The second kappa shape index (κ2) is 44.3. The van der Waals surface area contributed by atoms with E-state index in [2.05, 4.69) is 40.9 Å². The third kappa shape index (κ3) is 23.3. The van der Waals surface area contributed by atoms with E-state index in [1.165, 1.54) is 49.3 Å². The maximum atomic E-state index is 15.6. The van der Waals surface area contributed by atoms with Crippen molar-refractivity contribution in [1.82, 2.24) is 60.8 Å². The molecule has 5 aromatic carbocycles. The van der Waals surface area contributed by atoms with Crippen LogP contribution in [0.4, 0.5) is 4.79 Å². The molecular weight excluding hydrogens is 1690 g/mol. The lowest BCUT2D eigenvalue weighted by molar-refractivity contribution is -0.433. The normalized spacial score (nSPS) is 24.5. The Balaban J connectivity index is 0.711. The predicted octanol–water partition coefficient (Wildman–Crippen LogP) is 3.51. The third-order valence-electron chi connectivity index (χ3n) is 24.6. The number of β-amino-alcohol motifs (C(OH)–C–C–N with tert-alkyl or cyclic N) is 1. The number of rotatable bonds is 32. The second-order valence-corrected chi connectivity index (χ2v) is 34.7. The number of likely N-dealkylation sites (tertiary alicyclic amines) is 1. The number of hydrogen-bond donors (Lipinski definition) is 15. The Morgan fingerprint density at radius 3 is 2.04 bits per heavy atom. The van der Waals surface area contributed by atoms with E-state index in [1.54, 1.807) is 30.0 Å². The summed E-state index contributed by atoms with van der Waals surface area (Å²) in [7, 11) is 1.74. The van der Waals surface area contributed by atoms with Crippen LogP contribution in [0.3, 0.4) is 0 Å². The number of nitrogens with one attached hydrogen (secondary N) is 5. The average molecular weight is 1800 g/mol. The number of unbranched alkanes of at least 4 members (excludes halogenated alkanes) is 3. The average Bonchev–Trinajstić information content (AvgIpc) is 1.59. The number of methoxy groups -OCH3 is 1. The fourth-order valence-corrected chi connectivity index (χ4v) is 18.8. The first kappa shape index (κ1) is 94.6. The molecule has 0 unspecified atom stereocenters. The van der Waals surface area contributed by atoms with Crippen LogP contribution < -0.4 is 35.5 Å². The number of piperidine rings is 1. The number of carbonyl (C=O) groups is 8. The zero-order valence-electron chi connectivity index (χ0n) is 70.7. The number of aliphatic hydroxyl groups is 8. The number of phenols is 1. The number of carbonyl (C=O) groups excluding carboxylic acids is 8. The SMILES string of the molecule is COCCCCCCOC1CCC(N2CCC(Oc3ccc(-c4nn5cc(-c6ccc(C(=O)N[C@H]7C[C@@H](O)CNC(=O)[C@@H]8[C@@H](O)[C@@H](C)CN8C(=O)[C@H]([C@H](O)CCN(C(=O)OCC8c9ccccc9-c9ccccc98)C(CO)CO)NC(=O)[C@H]([C@H](O)Cc8ccc(O)c(OSOOO)c8)NC(=O)[C@@H]8C[C@@H](O)CN8C(=O)[C@H]([C@@H](C)O)NC7=O)cc6)nc5s4)cc3)CC2)CC1. The van der Waals surface area contributed by atoms with Gasteiger partial charge in [-0.3, -0.25) is 33.6 Å². The number of nitrogens with zero attached hydrogens (tertiary/aromatic N) is 7. The molecule has 39 heteroatoms. The van der Waals surface area contributed by atoms with Crippen LogP contribution >= 0.6 is 23.7 Å². The number of benzene rings is 5. The molecule has 13 rings (SSSR count). The van der Waals surface area contributed by atoms with E-state index in [0.717, 1.165) is 145 Å². The minimum atomic E-state index is -2.28. The van der Waals surface area contributed by atoms with Crippen LogP contribution in [0.1, 0.15) is 130 Å². The van der Waals surface area contributed by atoms with Gasteiger partial charge >= 0.3 is 6.09 Å². The number of amides is 8. The standard InChI is InChI=1S/C88H112N12O25S2/c1-49-43-99-77(78(49)109)83(114)89-42-57(104)40-67(90-79(110)53-19-17-52(18-20-53)68-45-100-87(91-68)126-84(95-100)54-21-25-60(26-22-54)122-61-30-33-96(34-31-61)55-23-27-59(28-24-55)120-37-11-5-4-10-36-119-3)80(111)92-74(50(2)103)85(115)98-44-58(105)41-69(98)81(112)93-75(72(108)38-51-16-29-70(106)73(39-51)123-127-125-124-118)82(113)94-76(86(99)116)71(107)32-35-97(56(46-101)47-102)88(117)121-48-66-64-14-8-6-12-62(64)63-13-7-9-15-65(63)66/h6-9,12-22,25-26,29,39,45,49-50,55-59,61,66-67,69,71-72,74-78,101-109,118H,4-5,10-11,23-24,27-28,30-38,40-44,46-48H2,1-3H3,(H,89,114)(H,90,110)(H,92,111)(H,93,112)(H,94,113)/t49-,50+,55?,57+,58+,59?,67-,69-,71+,72+,74-,75-,76-,77-,78-/m0/s1. The van der Waals surface area contributed by atoms with Crippen LogP contribution in [0.25, 0.3) is 37.9 Å². The Bertz CT molecular complexity index is 4820. The van der Waals surface area contributed by atoms with E-state index < -0.39 is 209 Å². The maximum Gasteiger partial charge on any atom is 0.410 e. The van der Waals surface area contributed by atoms with Crippen LogP contribution in [0.15, 0.2) is 121 Å². The van der Waals surface area contributed by atoms with E-state index in [0.29, 0.717) is 33.4 Å². The molecule has 6 aliphatic rings. The molecule has 7 aromatic rings. The lowest BCUT2D eigenvalue weighted by atomic mass is 9.90. The fourth-order valence-electron chi connectivity index (χ4n) is 17.6. The van der Waals surface area contributed by atoms with Gasteiger partial charge in [0.05, 0.1) is 73.9 Å². The van der Waals surface area contributed by atoms with Gasteiger partial charge in [0.25, 0.3) is 18.2 Å². The van der Waals surface area contributed by atoms with Gasteiger partial charge in [0, 0.05) is 113 Å². The molecule has 2 aromatic heterocycles. The van der Waals surface area contributed by atoms with Crippen molar-refractivity contribution in [2.24, 2.45) is 5.92 Å². The smallest absolute Gasteiger partial charge is 0.410 e. The molecule has 37 nitrogen and oxygen atoms in total. The molecule has 4 aliphatic heterocycles. The molecule has 127 heavy (non-hydrogen) atoms. The number of phenolic OH excluding ortho intramolecular Hbond substituents is 1. The number of aromatic nitrogens is 3. The van der Waals surface area contributed by atoms with Crippen molar-refractivity contribution >= 4 is 76.1 Å². The fraction of sp³-hybridized carbons (Fsp3) is 0.523. The molecule has 8 amide bonds. The Kier molecular flexibility index (Phi) is 33.0. The van der Waals surface area contributed by atoms with Gasteiger partial charge < -0.3 is 115 Å². The summed E-state index contributed by atoms with van der Waals surface area (Å²) in [6.45, 7) is 1.80. The summed E-state index contributed by atoms with van der Waals surface area (Å²) in [5.41, 5.74) is 5.50. The van der Waals surface area contributed by atoms with Crippen LogP contribution in [0, 0.1) is 5.92 Å². The highest BCUT2D eigenvalue weighted by Gasteiger charge is 2.51. The summed E-state index contributed by atoms with van der Waals surface area (Å²) in [5.74, 6) is -9.88. The van der Waals surface area contributed by atoms with Crippen LogP contribution in [0.5, 0.6) is 17.2 Å². The first-order chi connectivity index (χ1) is 61.3. The molecule has 0 bridgehead atoms. The predicted molar refractivity (Wildman–Crippen MR) is 460 cm³/mol. The van der Waals surface area contributed by atoms with Crippen molar-refractivity contribution in [3.05, 3.63) is 144 Å². The molecule has 0 spiro atoms. The largest absolute Gasteiger partial charge is 0.504 e. The van der Waals surface area contributed by atoms with E-state index in [4.69, 9.17) is 38.5 Å². The molecule has 2 aliphatic carbocycles. The van der Waals surface area contributed by atoms with Crippen LogP contribution in [-0.4, -0.2) is 309 Å². The Morgan fingerprint density at radius 2 is 1.37 bits per heavy atom. The van der Waals surface area contributed by atoms with E-state index in [-0.39, 0.29) is 41.9 Å². The topological polar surface area (TPSA) is 507 Å². The summed E-state index contributed by atoms with van der Waals surface area (Å²) in [6.07, 6.45) is -1.75. The van der Waals surface area contributed by atoms with Crippen molar-refractivity contribution in [3.63, 3.8) is 0 Å². The summed E-state index contributed by atoms with van der Waals surface area (Å²) >= 11 is 1.41. The van der Waals surface area contributed by atoms with E-state index >= 15 is 14.4 Å². The Hall–Kier alpha value is -10.0. The highest BCUT2D eigenvalue weighted by molar-refractivity contribution is 7.90. The zero-order chi connectivity index (χ0) is 90.1. The van der Waals surface area contributed by atoms with Crippen molar-refractivity contribution < 1.29 is 122 Å². The lowest BCUT2D eigenvalue weighted by Gasteiger charge is -2.40. The van der Waals surface area contributed by atoms with Crippen LogP contribution in [-0.2, 0) is 58.8 Å². The first-order valence-electron chi connectivity index (χ1n) is 43.0. The highest BCUT2D eigenvalue weighted by Crippen LogP contribution is 2.45. The number of fused-ring (bicyclic) bond motifs is 6. The monoisotopic (exact) mass is 1800 g/mol. The second-order valence-electron chi connectivity index (χ2n) is 33.3. The van der Waals surface area contributed by atoms with Gasteiger partial charge in [-0.15, -0.1) is 0 Å². The van der Waals surface area contributed by atoms with Gasteiger partial charge in [-0.25, -0.2) is 19.6 Å². The number of aliphatic hydroxyl groups excluding tert-OH is 8. The van der Waals surface area contributed by atoms with Gasteiger partial charge in [0.15, 0.2) is 11.5 Å². The molecule has 1 saturated carbocycles. The number of aromatic hydroxyl groups is 1. The number of imidazole rings is 1. The van der Waals surface area contributed by atoms with Gasteiger partial charge in [-0.1, -0.05) is 107 Å². The summed E-state index contributed by atoms with van der Waals surface area (Å²) in [6, 6.07) is 19.6. The zero-order valence-corrected chi connectivity index (χ0v) is 72.3. The van der Waals surface area contributed by atoms with Gasteiger partial charge in [-0.2, -0.15) is 5.10 Å². The van der Waals surface area contributed by atoms with Gasteiger partial charge in [0.2, 0.25) is 40.4 Å². The first-order valence-corrected chi connectivity index (χ1v) is 44.5. The Morgan fingerprint density at radius 1 is 0.709 bits per heavy atom. The quantitative estimate of drug-likeness (QED) is 0.0124. The summed E-state index contributed by atoms with van der Waals surface area (Å²) < 4.78 is 35.0. The van der Waals surface area contributed by atoms with Crippen molar-refractivity contribution in [2.45, 2.75) is 207 Å². The molecule has 686 valence electrons. The molecular formula is C88H112N12O25S2. The number of hydrogen-bond acceptors (Lipinski definition) is 30. The van der Waals surface area contributed by atoms with Crippen molar-refractivity contribution in [1.29, 1.82) is 0 Å². The lowest BCUT2D eigenvalue weighted by Crippen LogP contribution is -2.64. The molecule has 6 heterocycles. The molecule has 4 saturated heterocycles. The molecule has 13 atom stereocenters. The maximum absolute atomic E-state index is 15.6. The van der Waals surface area contributed by atoms with E-state index in [1.807, 2.05) is 72.8 Å². The highest BCUT2D eigenvalue weighted by atomic mass is 32.2. The van der Waals surface area contributed by atoms with E-state index in [9.17, 15) is 69.9 Å². The minimum Gasteiger partial charge on any atom is -0.504 e. The third-order valence-corrected chi connectivity index (χ3v) is 26.0. The van der Waals surface area contributed by atoms with Crippen molar-refractivity contribution in [3.8, 4) is 50.2 Å². The molecule has 15 N–H and O–H groups in total. The van der Waals surface area contributed by atoms with Crippen molar-refractivity contribution in [2.75, 3.05) is 79.4 Å². The summed E-state index contributed by atoms with van der Waals surface area (Å²) in [4.78, 5) is 130. The molecule has 5 fully saturated rings. The van der Waals surface area contributed by atoms with Gasteiger partial charge in [-0.05, 0) is 141 Å². The number of ether oxygens (including phenoxy) is 4.